The van der Waals surface area contributed by atoms with Crippen molar-refractivity contribution in [1.29, 1.82) is 0 Å². The summed E-state index contributed by atoms with van der Waals surface area (Å²) in [6.07, 6.45) is 3.94. The van der Waals surface area contributed by atoms with E-state index in [9.17, 15) is 9.59 Å². The first-order valence-electron chi connectivity index (χ1n) is 7.40. The molecule has 0 aromatic heterocycles. The van der Waals surface area contributed by atoms with E-state index in [0.29, 0.717) is 19.5 Å². The summed E-state index contributed by atoms with van der Waals surface area (Å²) in [4.78, 5) is 23.7. The van der Waals surface area contributed by atoms with E-state index in [1.807, 2.05) is 6.92 Å². The molecule has 2 amide bonds. The summed E-state index contributed by atoms with van der Waals surface area (Å²) in [6, 6.07) is 0. The van der Waals surface area contributed by atoms with Gasteiger partial charge in [-0.2, -0.15) is 0 Å². The lowest BCUT2D eigenvalue weighted by atomic mass is 9.76. The Hall–Kier alpha value is -1.10. The van der Waals surface area contributed by atoms with Gasteiger partial charge in [-0.3, -0.25) is 9.59 Å². The van der Waals surface area contributed by atoms with E-state index in [2.05, 4.69) is 22.9 Å². The van der Waals surface area contributed by atoms with Gasteiger partial charge in [-0.05, 0) is 38.8 Å². The van der Waals surface area contributed by atoms with Crippen molar-refractivity contribution >= 4 is 11.8 Å². The minimum absolute atomic E-state index is 0.0120. The summed E-state index contributed by atoms with van der Waals surface area (Å²) < 4.78 is 0. The second-order valence-electron chi connectivity index (χ2n) is 5.24. The molecule has 0 aliphatic carbocycles. The molecule has 0 bridgehead atoms. The average Bonchev–Trinajstić information content (AvgIpc) is 2.45. The maximum absolute atomic E-state index is 12.3. The van der Waals surface area contributed by atoms with Gasteiger partial charge in [0.25, 0.3) is 0 Å². The fraction of sp³-hybridized carbons (Fsp3) is 0.857. The van der Waals surface area contributed by atoms with E-state index in [1.165, 1.54) is 0 Å². The first kappa shape index (κ1) is 16.0. The molecule has 1 aliphatic rings. The SMILES string of the molecule is CCCNC(=O)CCNC(=O)C1(CC)CCNCC1. The van der Waals surface area contributed by atoms with Crippen LogP contribution in [0.4, 0.5) is 0 Å². The summed E-state index contributed by atoms with van der Waals surface area (Å²) in [5.74, 6) is 0.123. The molecule has 110 valence electrons. The van der Waals surface area contributed by atoms with Crippen LogP contribution in [0.3, 0.4) is 0 Å². The van der Waals surface area contributed by atoms with Crippen LogP contribution < -0.4 is 16.0 Å². The topological polar surface area (TPSA) is 70.2 Å². The minimum Gasteiger partial charge on any atom is -0.356 e. The summed E-state index contributed by atoms with van der Waals surface area (Å²) in [5.41, 5.74) is -0.231. The van der Waals surface area contributed by atoms with Crippen molar-refractivity contribution in [3.05, 3.63) is 0 Å². The van der Waals surface area contributed by atoms with Crippen molar-refractivity contribution in [2.24, 2.45) is 5.41 Å². The highest BCUT2D eigenvalue weighted by Gasteiger charge is 2.37. The highest BCUT2D eigenvalue weighted by Crippen LogP contribution is 2.32. The fourth-order valence-corrected chi connectivity index (χ4v) is 2.48. The standard InChI is InChI=1S/C14H27N3O2/c1-3-8-16-12(18)5-9-17-13(19)14(4-2)6-10-15-11-7-14/h15H,3-11H2,1-2H3,(H,16,18)(H,17,19). The molecule has 0 aromatic carbocycles. The van der Waals surface area contributed by atoms with Gasteiger partial charge in [-0.25, -0.2) is 0 Å². The van der Waals surface area contributed by atoms with Crippen molar-refractivity contribution in [3.8, 4) is 0 Å². The highest BCUT2D eigenvalue weighted by molar-refractivity contribution is 5.83. The Morgan fingerprint density at radius 3 is 2.37 bits per heavy atom. The Morgan fingerprint density at radius 2 is 1.79 bits per heavy atom. The van der Waals surface area contributed by atoms with Crippen molar-refractivity contribution < 1.29 is 9.59 Å². The third kappa shape index (κ3) is 4.82. The van der Waals surface area contributed by atoms with Gasteiger partial charge in [0, 0.05) is 19.5 Å². The number of rotatable bonds is 7. The first-order valence-corrected chi connectivity index (χ1v) is 7.40. The predicted molar refractivity (Wildman–Crippen MR) is 75.8 cm³/mol. The maximum Gasteiger partial charge on any atom is 0.226 e. The molecule has 0 saturated carbocycles. The number of carbonyl (C=O) groups is 2. The number of carbonyl (C=O) groups excluding carboxylic acids is 2. The summed E-state index contributed by atoms with van der Waals surface area (Å²) in [7, 11) is 0. The van der Waals surface area contributed by atoms with Gasteiger partial charge in [0.1, 0.15) is 0 Å². The first-order chi connectivity index (χ1) is 9.14. The minimum atomic E-state index is -0.231. The van der Waals surface area contributed by atoms with Gasteiger partial charge in [0.2, 0.25) is 11.8 Å². The third-order valence-electron chi connectivity index (χ3n) is 3.93. The molecule has 1 heterocycles. The van der Waals surface area contributed by atoms with Crippen LogP contribution >= 0.6 is 0 Å². The lowest BCUT2D eigenvalue weighted by molar-refractivity contribution is -0.133. The molecule has 19 heavy (non-hydrogen) atoms. The number of hydrogen-bond acceptors (Lipinski definition) is 3. The van der Waals surface area contributed by atoms with E-state index in [4.69, 9.17) is 0 Å². The van der Waals surface area contributed by atoms with Crippen molar-refractivity contribution in [2.75, 3.05) is 26.2 Å². The molecular weight excluding hydrogens is 242 g/mol. The zero-order chi connectivity index (χ0) is 14.1. The second-order valence-corrected chi connectivity index (χ2v) is 5.24. The third-order valence-corrected chi connectivity index (χ3v) is 3.93. The van der Waals surface area contributed by atoms with Gasteiger partial charge in [-0.15, -0.1) is 0 Å². The van der Waals surface area contributed by atoms with Gasteiger partial charge in [0.15, 0.2) is 0 Å². The quantitative estimate of drug-likeness (QED) is 0.640. The van der Waals surface area contributed by atoms with E-state index >= 15 is 0 Å². The normalized spacial score (nSPS) is 17.8. The van der Waals surface area contributed by atoms with Crippen LogP contribution in [0.1, 0.15) is 46.0 Å². The van der Waals surface area contributed by atoms with E-state index in [1.54, 1.807) is 0 Å². The monoisotopic (exact) mass is 269 g/mol. The molecule has 1 fully saturated rings. The molecule has 0 spiro atoms. The predicted octanol–water partition coefficient (Wildman–Crippen LogP) is 0.799. The van der Waals surface area contributed by atoms with Crippen LogP contribution in [-0.4, -0.2) is 38.0 Å². The molecule has 3 N–H and O–H groups in total. The number of nitrogens with one attached hydrogen (secondary N) is 3. The van der Waals surface area contributed by atoms with Gasteiger partial charge in [-0.1, -0.05) is 13.8 Å². The Kier molecular flexibility index (Phi) is 6.84. The van der Waals surface area contributed by atoms with Gasteiger partial charge < -0.3 is 16.0 Å². The Labute approximate surface area is 115 Å². The maximum atomic E-state index is 12.3. The summed E-state index contributed by atoms with van der Waals surface area (Å²) in [5, 5.41) is 9.01. The number of amides is 2. The smallest absolute Gasteiger partial charge is 0.226 e. The molecule has 1 aliphatic heterocycles. The van der Waals surface area contributed by atoms with Gasteiger partial charge >= 0.3 is 0 Å². The molecule has 0 unspecified atom stereocenters. The number of hydrogen-bond donors (Lipinski definition) is 3. The van der Waals surface area contributed by atoms with Crippen LogP contribution in [0.2, 0.25) is 0 Å². The number of piperidine rings is 1. The summed E-state index contributed by atoms with van der Waals surface area (Å²) >= 11 is 0. The molecule has 5 heteroatoms. The largest absolute Gasteiger partial charge is 0.356 e. The molecule has 1 rings (SSSR count). The Bertz CT molecular complexity index is 299. The summed E-state index contributed by atoms with van der Waals surface area (Å²) in [6.45, 7) is 7.03. The Morgan fingerprint density at radius 1 is 1.11 bits per heavy atom. The van der Waals surface area contributed by atoms with Crippen molar-refractivity contribution in [2.45, 2.75) is 46.0 Å². The van der Waals surface area contributed by atoms with Crippen molar-refractivity contribution in [3.63, 3.8) is 0 Å². The highest BCUT2D eigenvalue weighted by atomic mass is 16.2. The zero-order valence-corrected chi connectivity index (χ0v) is 12.2. The van der Waals surface area contributed by atoms with Crippen LogP contribution in [0.5, 0.6) is 0 Å². The second kappa shape index (κ2) is 8.15. The van der Waals surface area contributed by atoms with Crippen molar-refractivity contribution in [1.82, 2.24) is 16.0 Å². The van der Waals surface area contributed by atoms with E-state index < -0.39 is 0 Å². The van der Waals surface area contributed by atoms with Crippen LogP contribution in [0, 0.1) is 5.41 Å². The molecule has 0 aromatic rings. The lowest BCUT2D eigenvalue weighted by Crippen LogP contribution is -2.47. The Balaban J connectivity index is 2.31. The molecule has 0 atom stereocenters. The molecule has 5 nitrogen and oxygen atoms in total. The van der Waals surface area contributed by atoms with E-state index in [0.717, 1.165) is 38.8 Å². The zero-order valence-electron chi connectivity index (χ0n) is 12.2. The van der Waals surface area contributed by atoms with E-state index in [-0.39, 0.29) is 17.2 Å². The van der Waals surface area contributed by atoms with Crippen LogP contribution in [0.25, 0.3) is 0 Å². The fourth-order valence-electron chi connectivity index (χ4n) is 2.48. The lowest BCUT2D eigenvalue weighted by Gasteiger charge is -2.35. The van der Waals surface area contributed by atoms with Crippen LogP contribution in [0.15, 0.2) is 0 Å². The van der Waals surface area contributed by atoms with Gasteiger partial charge in [0.05, 0.1) is 5.41 Å². The average molecular weight is 269 g/mol. The van der Waals surface area contributed by atoms with Crippen LogP contribution in [-0.2, 0) is 9.59 Å². The molecule has 0 radical (unpaired) electrons. The molecular formula is C14H27N3O2. The molecule has 1 saturated heterocycles.